The maximum absolute atomic E-state index is 11.9. The zero-order chi connectivity index (χ0) is 11.8. The lowest BCUT2D eigenvalue weighted by Crippen LogP contribution is -2.43. The van der Waals surface area contributed by atoms with Crippen molar-refractivity contribution in [3.8, 4) is 0 Å². The van der Waals surface area contributed by atoms with E-state index < -0.39 is 15.8 Å². The third-order valence-electron chi connectivity index (χ3n) is 3.14. The first-order valence-corrected chi connectivity index (χ1v) is 7.31. The SMILES string of the molecule is O=C1CCCN(C(=O)C2CCS(=O)(=O)C2)C1. The zero-order valence-corrected chi connectivity index (χ0v) is 9.83. The number of nitrogens with zero attached hydrogens (tertiary/aromatic N) is 1. The Kier molecular flexibility index (Phi) is 3.01. The number of carbonyl (C=O) groups excluding carboxylic acids is 2. The fourth-order valence-corrected chi connectivity index (χ4v) is 4.01. The number of piperidine rings is 1. The van der Waals surface area contributed by atoms with Crippen LogP contribution in [0.25, 0.3) is 0 Å². The van der Waals surface area contributed by atoms with Crippen molar-refractivity contribution < 1.29 is 18.0 Å². The van der Waals surface area contributed by atoms with Crippen LogP contribution in [0.5, 0.6) is 0 Å². The Labute approximate surface area is 94.7 Å². The maximum Gasteiger partial charge on any atom is 0.227 e. The van der Waals surface area contributed by atoms with Crippen molar-refractivity contribution in [1.29, 1.82) is 0 Å². The van der Waals surface area contributed by atoms with Gasteiger partial charge in [-0.3, -0.25) is 9.59 Å². The smallest absolute Gasteiger partial charge is 0.227 e. The van der Waals surface area contributed by atoms with Gasteiger partial charge in [0.2, 0.25) is 5.91 Å². The molecule has 0 radical (unpaired) electrons. The lowest BCUT2D eigenvalue weighted by atomic mass is 10.0. The highest BCUT2D eigenvalue weighted by atomic mass is 32.2. The summed E-state index contributed by atoms with van der Waals surface area (Å²) in [6.45, 7) is 0.747. The van der Waals surface area contributed by atoms with E-state index in [0.717, 1.165) is 0 Å². The van der Waals surface area contributed by atoms with Gasteiger partial charge in [0, 0.05) is 13.0 Å². The molecule has 0 aromatic carbocycles. The molecule has 0 aliphatic carbocycles. The van der Waals surface area contributed by atoms with Crippen molar-refractivity contribution in [2.75, 3.05) is 24.6 Å². The van der Waals surface area contributed by atoms with Crippen LogP contribution in [0, 0.1) is 5.92 Å². The van der Waals surface area contributed by atoms with Crippen LogP contribution >= 0.6 is 0 Å². The van der Waals surface area contributed by atoms with E-state index >= 15 is 0 Å². The van der Waals surface area contributed by atoms with Crippen LogP contribution in [0.1, 0.15) is 19.3 Å². The minimum atomic E-state index is -3.03. The molecular weight excluding hydrogens is 230 g/mol. The summed E-state index contributed by atoms with van der Waals surface area (Å²) in [6, 6.07) is 0. The summed E-state index contributed by atoms with van der Waals surface area (Å²) in [7, 11) is -3.03. The van der Waals surface area contributed by atoms with Gasteiger partial charge in [0.15, 0.2) is 15.6 Å². The van der Waals surface area contributed by atoms with E-state index in [9.17, 15) is 18.0 Å². The molecule has 2 saturated heterocycles. The van der Waals surface area contributed by atoms with Gasteiger partial charge in [0.25, 0.3) is 0 Å². The molecule has 0 aromatic rings. The first-order chi connectivity index (χ1) is 7.48. The van der Waals surface area contributed by atoms with Crippen molar-refractivity contribution >= 4 is 21.5 Å². The van der Waals surface area contributed by atoms with Gasteiger partial charge in [-0.1, -0.05) is 0 Å². The number of hydrogen-bond donors (Lipinski definition) is 0. The number of Topliss-reactive ketones (excluding diaryl/α,β-unsaturated/α-hetero) is 1. The van der Waals surface area contributed by atoms with Crippen LogP contribution < -0.4 is 0 Å². The predicted octanol–water partition coefficient (Wildman–Crippen LogP) is -0.387. The highest BCUT2D eigenvalue weighted by molar-refractivity contribution is 7.91. The van der Waals surface area contributed by atoms with Crippen molar-refractivity contribution in [3.63, 3.8) is 0 Å². The number of carbonyl (C=O) groups is 2. The minimum Gasteiger partial charge on any atom is -0.335 e. The molecule has 1 atom stereocenters. The van der Waals surface area contributed by atoms with Crippen LogP contribution in [0.4, 0.5) is 0 Å². The number of hydrogen-bond acceptors (Lipinski definition) is 4. The second-order valence-electron chi connectivity index (χ2n) is 4.50. The van der Waals surface area contributed by atoms with Crippen LogP contribution in [0.2, 0.25) is 0 Å². The summed E-state index contributed by atoms with van der Waals surface area (Å²) in [5.74, 6) is -0.452. The van der Waals surface area contributed by atoms with Crippen LogP contribution in [-0.4, -0.2) is 49.6 Å². The van der Waals surface area contributed by atoms with Crippen LogP contribution in [0.15, 0.2) is 0 Å². The molecule has 2 aliphatic rings. The van der Waals surface area contributed by atoms with Gasteiger partial charge >= 0.3 is 0 Å². The Bertz CT molecular complexity index is 415. The van der Waals surface area contributed by atoms with E-state index in [0.29, 0.717) is 25.8 Å². The number of sulfone groups is 1. The molecule has 0 bridgehead atoms. The first kappa shape index (κ1) is 11.6. The molecule has 0 saturated carbocycles. The fraction of sp³-hybridized carbons (Fsp3) is 0.800. The standard InChI is InChI=1S/C10H15NO4S/c12-9-2-1-4-11(6-9)10(13)8-3-5-16(14,15)7-8/h8H,1-7H2. The second-order valence-corrected chi connectivity index (χ2v) is 6.73. The summed E-state index contributed by atoms with van der Waals surface area (Å²) in [6.07, 6.45) is 1.64. The lowest BCUT2D eigenvalue weighted by molar-refractivity contribution is -0.140. The molecule has 90 valence electrons. The van der Waals surface area contributed by atoms with Crippen molar-refractivity contribution in [3.05, 3.63) is 0 Å². The predicted molar refractivity (Wildman–Crippen MR) is 57.6 cm³/mol. The minimum absolute atomic E-state index is 0.0451. The molecule has 16 heavy (non-hydrogen) atoms. The first-order valence-electron chi connectivity index (χ1n) is 5.49. The molecular formula is C10H15NO4S. The number of ketones is 1. The molecule has 1 amide bonds. The fourth-order valence-electron chi connectivity index (χ4n) is 2.27. The number of likely N-dealkylation sites (tertiary alicyclic amines) is 1. The van der Waals surface area contributed by atoms with Crippen LogP contribution in [0.3, 0.4) is 0 Å². The largest absolute Gasteiger partial charge is 0.335 e. The summed E-state index contributed by atoms with van der Waals surface area (Å²) in [5, 5.41) is 0. The molecule has 5 nitrogen and oxygen atoms in total. The second kappa shape index (κ2) is 4.16. The summed E-state index contributed by atoms with van der Waals surface area (Å²) >= 11 is 0. The maximum atomic E-state index is 11.9. The Morgan fingerprint density at radius 3 is 2.69 bits per heavy atom. The van der Waals surface area contributed by atoms with Gasteiger partial charge in [-0.25, -0.2) is 8.42 Å². The van der Waals surface area contributed by atoms with Crippen LogP contribution in [-0.2, 0) is 19.4 Å². The van der Waals surface area contributed by atoms with E-state index in [1.165, 1.54) is 4.90 Å². The van der Waals surface area contributed by atoms with E-state index in [4.69, 9.17) is 0 Å². The normalized spacial score (nSPS) is 29.4. The Hall–Kier alpha value is -0.910. The van der Waals surface area contributed by atoms with E-state index in [1.807, 2.05) is 0 Å². The van der Waals surface area contributed by atoms with E-state index in [1.54, 1.807) is 0 Å². The highest BCUT2D eigenvalue weighted by Crippen LogP contribution is 2.22. The molecule has 0 aromatic heterocycles. The average Bonchev–Trinajstić information content (AvgIpc) is 2.58. The van der Waals surface area contributed by atoms with Gasteiger partial charge in [0.05, 0.1) is 24.0 Å². The summed E-state index contributed by atoms with van der Waals surface area (Å²) in [4.78, 5) is 24.7. The van der Waals surface area contributed by atoms with Gasteiger partial charge in [0.1, 0.15) is 0 Å². The number of amides is 1. The third-order valence-corrected chi connectivity index (χ3v) is 4.91. The van der Waals surface area contributed by atoms with Crippen molar-refractivity contribution in [1.82, 2.24) is 4.90 Å². The Balaban J connectivity index is 2.00. The third kappa shape index (κ3) is 2.42. The highest BCUT2D eigenvalue weighted by Gasteiger charge is 2.36. The Morgan fingerprint density at radius 1 is 1.38 bits per heavy atom. The number of rotatable bonds is 1. The summed E-state index contributed by atoms with van der Waals surface area (Å²) in [5.41, 5.74) is 0. The topological polar surface area (TPSA) is 71.5 Å². The van der Waals surface area contributed by atoms with Gasteiger partial charge in [-0.15, -0.1) is 0 Å². The molecule has 2 rings (SSSR count). The van der Waals surface area contributed by atoms with E-state index in [2.05, 4.69) is 0 Å². The van der Waals surface area contributed by atoms with Gasteiger partial charge < -0.3 is 4.90 Å². The molecule has 2 fully saturated rings. The molecule has 0 spiro atoms. The quantitative estimate of drug-likeness (QED) is 0.631. The summed E-state index contributed by atoms with van der Waals surface area (Å²) < 4.78 is 22.5. The van der Waals surface area contributed by atoms with Crippen molar-refractivity contribution in [2.45, 2.75) is 19.3 Å². The molecule has 0 N–H and O–H groups in total. The Morgan fingerprint density at radius 2 is 2.12 bits per heavy atom. The average molecular weight is 245 g/mol. The zero-order valence-electron chi connectivity index (χ0n) is 9.02. The van der Waals surface area contributed by atoms with Gasteiger partial charge in [-0.2, -0.15) is 0 Å². The van der Waals surface area contributed by atoms with Crippen molar-refractivity contribution in [2.24, 2.45) is 5.92 Å². The monoisotopic (exact) mass is 245 g/mol. The molecule has 2 aliphatic heterocycles. The lowest BCUT2D eigenvalue weighted by Gasteiger charge is -2.27. The van der Waals surface area contributed by atoms with Gasteiger partial charge in [-0.05, 0) is 12.8 Å². The van der Waals surface area contributed by atoms with E-state index in [-0.39, 0.29) is 29.7 Å². The molecule has 2 heterocycles. The molecule has 6 heteroatoms. The molecule has 1 unspecified atom stereocenters.